The molecule has 0 aliphatic rings. The third-order valence-electron chi connectivity index (χ3n) is 5.29. The first-order chi connectivity index (χ1) is 13.9. The quantitative estimate of drug-likeness (QED) is 0.228. The van der Waals surface area contributed by atoms with Crippen molar-refractivity contribution in [2.75, 3.05) is 0 Å². The van der Waals surface area contributed by atoms with Gasteiger partial charge in [0, 0.05) is 0 Å². The van der Waals surface area contributed by atoms with Crippen LogP contribution in [0.2, 0.25) is 0 Å². The first-order valence-corrected chi connectivity index (χ1v) is 9.63. The fraction of sp³-hybridized carbons (Fsp3) is 0. The Labute approximate surface area is 165 Å². The number of hydrogen-bond donors (Lipinski definition) is 0. The highest BCUT2D eigenvalue weighted by atomic mass is 14.1. The summed E-state index contributed by atoms with van der Waals surface area (Å²) in [6.07, 6.45) is 4.52. The molecule has 5 aromatic carbocycles. The molecule has 0 N–H and O–H groups in total. The van der Waals surface area contributed by atoms with E-state index in [1.54, 1.807) is 0 Å². The van der Waals surface area contributed by atoms with Crippen LogP contribution in [-0.4, -0.2) is 0 Å². The molecule has 0 heterocycles. The second-order valence-electron chi connectivity index (χ2n) is 7.02. The van der Waals surface area contributed by atoms with Gasteiger partial charge < -0.3 is 0 Å². The van der Waals surface area contributed by atoms with Crippen molar-refractivity contribution in [1.82, 2.24) is 0 Å². The lowest BCUT2D eigenvalue weighted by Crippen LogP contribution is -1.85. The summed E-state index contributed by atoms with van der Waals surface area (Å²) in [4.78, 5) is 0. The highest BCUT2D eigenvalue weighted by Crippen LogP contribution is 2.31. The molecule has 0 unspecified atom stereocenters. The molecular formula is C28H20. The molecule has 28 heavy (non-hydrogen) atoms. The first kappa shape index (κ1) is 16.5. The number of hydrogen-bond acceptors (Lipinski definition) is 0. The average Bonchev–Trinajstić information content (AvgIpc) is 2.77. The molecule has 0 aliphatic carbocycles. The normalized spacial score (nSPS) is 11.4. The maximum Gasteiger partial charge on any atom is -0.00992 e. The molecule has 0 aromatic heterocycles. The van der Waals surface area contributed by atoms with Gasteiger partial charge in [-0.3, -0.25) is 0 Å². The van der Waals surface area contributed by atoms with Gasteiger partial charge in [-0.15, -0.1) is 0 Å². The Bertz CT molecular complexity index is 1240. The lowest BCUT2D eigenvalue weighted by molar-refractivity contribution is 1.59. The fourth-order valence-electron chi connectivity index (χ4n) is 3.92. The molecule has 0 bridgehead atoms. The number of rotatable bonds is 3. The topological polar surface area (TPSA) is 0 Å². The van der Waals surface area contributed by atoms with Crippen molar-refractivity contribution < 1.29 is 0 Å². The van der Waals surface area contributed by atoms with Gasteiger partial charge in [-0.1, -0.05) is 115 Å². The van der Waals surface area contributed by atoms with Gasteiger partial charge in [0.05, 0.1) is 0 Å². The van der Waals surface area contributed by atoms with Gasteiger partial charge in [0.1, 0.15) is 0 Å². The van der Waals surface area contributed by atoms with Gasteiger partial charge in [0.25, 0.3) is 0 Å². The maximum atomic E-state index is 2.28. The van der Waals surface area contributed by atoms with Gasteiger partial charge in [-0.05, 0) is 49.9 Å². The van der Waals surface area contributed by atoms with Crippen LogP contribution in [0.25, 0.3) is 44.8 Å². The molecular weight excluding hydrogens is 336 g/mol. The van der Waals surface area contributed by atoms with E-state index in [2.05, 4.69) is 121 Å². The summed E-state index contributed by atoms with van der Waals surface area (Å²) in [5, 5.41) is 5.12. The molecule has 0 radical (unpaired) electrons. The minimum absolute atomic E-state index is 1.23. The van der Waals surface area contributed by atoms with Crippen molar-refractivity contribution in [2.45, 2.75) is 0 Å². The number of fused-ring (bicyclic) bond motifs is 2. The second-order valence-corrected chi connectivity index (χ2v) is 7.02. The fourth-order valence-corrected chi connectivity index (χ4v) is 3.92. The summed E-state index contributed by atoms with van der Waals surface area (Å²) in [6.45, 7) is 0. The van der Waals surface area contributed by atoms with E-state index in [0.717, 1.165) is 0 Å². The predicted molar refractivity (Wildman–Crippen MR) is 122 cm³/mol. The third kappa shape index (κ3) is 3.00. The molecule has 0 amide bonds. The Kier molecular flexibility index (Phi) is 4.23. The van der Waals surface area contributed by atoms with E-state index in [1.165, 1.54) is 43.8 Å². The van der Waals surface area contributed by atoms with E-state index in [0.29, 0.717) is 0 Å². The molecule has 0 spiro atoms. The van der Waals surface area contributed by atoms with Crippen LogP contribution in [0.5, 0.6) is 0 Å². The van der Waals surface area contributed by atoms with Crippen LogP contribution in [0.4, 0.5) is 0 Å². The van der Waals surface area contributed by atoms with Crippen LogP contribution < -0.4 is 0 Å². The Morgan fingerprint density at radius 3 is 1.75 bits per heavy atom. The lowest BCUT2D eigenvalue weighted by atomic mass is 9.95. The van der Waals surface area contributed by atoms with Crippen LogP contribution >= 0.6 is 0 Å². The van der Waals surface area contributed by atoms with Crippen LogP contribution in [0, 0.1) is 0 Å². The van der Waals surface area contributed by atoms with Crippen molar-refractivity contribution in [1.29, 1.82) is 0 Å². The summed E-state index contributed by atoms with van der Waals surface area (Å²) >= 11 is 0. The predicted octanol–water partition coefficient (Wildman–Crippen LogP) is 7.83. The molecule has 0 fully saturated rings. The molecule has 0 aliphatic heterocycles. The zero-order valence-electron chi connectivity index (χ0n) is 15.5. The average molecular weight is 356 g/mol. The van der Waals surface area contributed by atoms with Gasteiger partial charge >= 0.3 is 0 Å². The summed E-state index contributed by atoms with van der Waals surface area (Å²) in [7, 11) is 0. The van der Waals surface area contributed by atoms with E-state index < -0.39 is 0 Å². The summed E-state index contributed by atoms with van der Waals surface area (Å²) in [5.74, 6) is 0. The van der Waals surface area contributed by atoms with Crippen LogP contribution in [0.1, 0.15) is 11.1 Å². The van der Waals surface area contributed by atoms with Gasteiger partial charge in [-0.2, -0.15) is 0 Å². The number of benzene rings is 5. The van der Waals surface area contributed by atoms with Gasteiger partial charge in [0.2, 0.25) is 0 Å². The van der Waals surface area contributed by atoms with E-state index >= 15 is 0 Å². The van der Waals surface area contributed by atoms with Gasteiger partial charge in [0.15, 0.2) is 0 Å². The van der Waals surface area contributed by atoms with Crippen molar-refractivity contribution in [3.63, 3.8) is 0 Å². The molecule has 132 valence electrons. The monoisotopic (exact) mass is 356 g/mol. The Balaban J connectivity index is 1.70. The highest BCUT2D eigenvalue weighted by Gasteiger charge is 2.06. The highest BCUT2D eigenvalue weighted by molar-refractivity contribution is 6.08. The molecule has 5 aromatic rings. The molecule has 0 heteroatoms. The van der Waals surface area contributed by atoms with E-state index in [1.807, 2.05) is 0 Å². The minimum atomic E-state index is 1.23. The molecule has 5 rings (SSSR count). The Hall–Kier alpha value is -3.64. The van der Waals surface area contributed by atoms with Crippen LogP contribution in [0.3, 0.4) is 0 Å². The zero-order valence-corrected chi connectivity index (χ0v) is 15.5. The molecule has 0 nitrogen and oxygen atoms in total. The smallest absolute Gasteiger partial charge is 0.00992 e. The van der Waals surface area contributed by atoms with Crippen molar-refractivity contribution in [3.05, 3.63) is 120 Å². The maximum absolute atomic E-state index is 2.28. The van der Waals surface area contributed by atoms with Crippen molar-refractivity contribution >= 4 is 33.7 Å². The first-order valence-electron chi connectivity index (χ1n) is 9.63. The standard InChI is InChI=1S/C28H20/c1-2-10-21(11-3-1)25-15-7-4-12-22(25)18-19-28-26-16-8-5-13-23(26)20-24-14-6-9-17-27(24)28/h1-20H/b19-18+. The summed E-state index contributed by atoms with van der Waals surface area (Å²) in [5.41, 5.74) is 5.00. The van der Waals surface area contributed by atoms with Crippen molar-refractivity contribution in [2.24, 2.45) is 0 Å². The minimum Gasteiger partial charge on any atom is -0.0622 e. The third-order valence-corrected chi connectivity index (χ3v) is 5.29. The van der Waals surface area contributed by atoms with E-state index in [9.17, 15) is 0 Å². The summed E-state index contributed by atoms with van der Waals surface area (Å²) < 4.78 is 0. The molecule has 0 atom stereocenters. The Morgan fingerprint density at radius 1 is 0.464 bits per heavy atom. The zero-order chi connectivity index (χ0) is 18.8. The Morgan fingerprint density at radius 2 is 1.04 bits per heavy atom. The largest absolute Gasteiger partial charge is 0.0622 e. The molecule has 0 saturated carbocycles. The van der Waals surface area contributed by atoms with E-state index in [-0.39, 0.29) is 0 Å². The van der Waals surface area contributed by atoms with Crippen LogP contribution in [0.15, 0.2) is 109 Å². The van der Waals surface area contributed by atoms with E-state index in [4.69, 9.17) is 0 Å². The van der Waals surface area contributed by atoms with Crippen molar-refractivity contribution in [3.8, 4) is 11.1 Å². The van der Waals surface area contributed by atoms with Crippen LogP contribution in [-0.2, 0) is 0 Å². The second kappa shape index (κ2) is 7.17. The molecule has 0 saturated heterocycles. The SMILES string of the molecule is C(=C\c1c2ccccc2cc2ccccc12)/c1ccccc1-c1ccccc1. The summed E-state index contributed by atoms with van der Waals surface area (Å²) in [6, 6.07) is 38.7. The van der Waals surface area contributed by atoms with Gasteiger partial charge in [-0.25, -0.2) is 0 Å². The lowest BCUT2D eigenvalue weighted by Gasteiger charge is -2.09.